The smallest absolute Gasteiger partial charge is 0.000764 e. The van der Waals surface area contributed by atoms with Crippen LogP contribution in [0.4, 0.5) is 0 Å². The first-order valence-electron chi connectivity index (χ1n) is 30.6. The van der Waals surface area contributed by atoms with Gasteiger partial charge in [-0.3, -0.25) is 0 Å². The predicted octanol–water partition coefficient (Wildman–Crippen LogP) is 23.2. The summed E-state index contributed by atoms with van der Waals surface area (Å²) in [6, 6.07) is 88.1. The van der Waals surface area contributed by atoms with E-state index in [9.17, 15) is 0 Å². The number of allylic oxidation sites excluding steroid dienone is 4. The molecule has 0 spiro atoms. The predicted molar refractivity (Wildman–Crippen MR) is 370 cm³/mol. The first-order chi connectivity index (χ1) is 42.7. The van der Waals surface area contributed by atoms with E-state index in [4.69, 9.17) is 0 Å². The van der Waals surface area contributed by atoms with Crippen molar-refractivity contribution in [1.29, 1.82) is 0 Å². The summed E-state index contributed by atoms with van der Waals surface area (Å²) in [5.74, 6) is 0. The highest BCUT2D eigenvalue weighted by Gasteiger charge is 2.32. The zero-order valence-electron chi connectivity index (χ0n) is 47.4. The van der Waals surface area contributed by atoms with Crippen LogP contribution in [0, 0.1) is 0 Å². The SMILES string of the molecule is C1=Cc2c3c(ccc4c3c(c3c(-c5ccccc5)c5cc6c(-c7ccccc7)c7cc8c(-c9ccccc9)c9c%10c%11c(ccc%12c%11c(c9c(-c9ccccc9)c8cc7c(-c7ccccc7)c6cc5c(-c5ccccc5)c23)CC=C%12)C=CC%10)C=CC4)C1. The van der Waals surface area contributed by atoms with Crippen LogP contribution in [0.2, 0.25) is 0 Å². The molecule has 0 saturated carbocycles. The zero-order chi connectivity index (χ0) is 56.1. The Morgan fingerprint density at radius 3 is 0.779 bits per heavy atom. The lowest BCUT2D eigenvalue weighted by atomic mass is 9.74. The van der Waals surface area contributed by atoms with Crippen molar-refractivity contribution in [3.8, 4) is 66.8 Å². The van der Waals surface area contributed by atoms with Gasteiger partial charge >= 0.3 is 0 Å². The molecule has 0 N–H and O–H groups in total. The van der Waals surface area contributed by atoms with Crippen LogP contribution >= 0.6 is 0 Å². The van der Waals surface area contributed by atoms with Crippen molar-refractivity contribution in [3.05, 3.63) is 299 Å². The number of fused-ring (bicyclic) bond motifs is 10. The van der Waals surface area contributed by atoms with Crippen molar-refractivity contribution >= 4 is 110 Å². The fourth-order valence-electron chi connectivity index (χ4n) is 16.4. The summed E-state index contributed by atoms with van der Waals surface area (Å²) in [7, 11) is 0. The lowest BCUT2D eigenvalue weighted by molar-refractivity contribution is 1.25. The molecule has 0 fully saturated rings. The van der Waals surface area contributed by atoms with E-state index in [0.29, 0.717) is 0 Å². The van der Waals surface area contributed by atoms with Crippen molar-refractivity contribution in [2.45, 2.75) is 25.7 Å². The van der Waals surface area contributed by atoms with E-state index in [0.717, 1.165) is 25.7 Å². The summed E-state index contributed by atoms with van der Waals surface area (Å²) in [6.45, 7) is 0. The highest BCUT2D eigenvalue weighted by atomic mass is 14.3. The van der Waals surface area contributed by atoms with Crippen molar-refractivity contribution < 1.29 is 0 Å². The van der Waals surface area contributed by atoms with E-state index >= 15 is 0 Å². The minimum Gasteiger partial charge on any atom is -0.0795 e. The maximum Gasteiger partial charge on any atom is -0.000764 e. The van der Waals surface area contributed by atoms with Crippen molar-refractivity contribution in [2.24, 2.45) is 0 Å². The third-order valence-corrected chi connectivity index (χ3v) is 19.8. The van der Waals surface area contributed by atoms with E-state index in [1.165, 1.54) is 197 Å². The molecule has 0 amide bonds. The fraction of sp³-hybridized carbons (Fsp3) is 0.0465. The van der Waals surface area contributed by atoms with E-state index in [-0.39, 0.29) is 0 Å². The average Bonchev–Trinajstić information content (AvgIpc) is 0.711. The van der Waals surface area contributed by atoms with E-state index in [1.807, 2.05) is 0 Å². The summed E-state index contributed by atoms with van der Waals surface area (Å²) in [5, 5.41) is 21.1. The number of benzene rings is 15. The van der Waals surface area contributed by atoms with Crippen molar-refractivity contribution in [3.63, 3.8) is 0 Å². The molecule has 0 bridgehead atoms. The third kappa shape index (κ3) is 6.70. The molecule has 0 radical (unpaired) electrons. The molecular weight excluding hydrogens is 1030 g/mol. The van der Waals surface area contributed by atoms with E-state index < -0.39 is 0 Å². The van der Waals surface area contributed by atoms with Gasteiger partial charge in [-0.1, -0.05) is 255 Å². The number of hydrogen-bond donors (Lipinski definition) is 0. The van der Waals surface area contributed by atoms with Crippen LogP contribution in [-0.2, 0) is 25.7 Å². The summed E-state index contributed by atoms with van der Waals surface area (Å²) in [6.07, 6.45) is 22.9. The van der Waals surface area contributed by atoms with E-state index in [1.54, 1.807) is 0 Å². The fourth-order valence-corrected chi connectivity index (χ4v) is 16.4. The lowest BCUT2D eigenvalue weighted by Gasteiger charge is -2.29. The zero-order valence-corrected chi connectivity index (χ0v) is 47.4. The first kappa shape index (κ1) is 47.8. The highest BCUT2D eigenvalue weighted by molar-refractivity contribution is 6.36. The Bertz CT molecular complexity index is 5260. The Labute approximate surface area is 499 Å². The van der Waals surface area contributed by atoms with Gasteiger partial charge < -0.3 is 0 Å². The molecule has 0 heteroatoms. The van der Waals surface area contributed by atoms with Gasteiger partial charge in [0.05, 0.1) is 0 Å². The van der Waals surface area contributed by atoms with Crippen LogP contribution in [0.15, 0.2) is 255 Å². The molecule has 0 nitrogen and oxygen atoms in total. The summed E-state index contributed by atoms with van der Waals surface area (Å²) < 4.78 is 0. The topological polar surface area (TPSA) is 0 Å². The van der Waals surface area contributed by atoms with Gasteiger partial charge in [0.2, 0.25) is 0 Å². The molecule has 0 atom stereocenters. The molecule has 15 aromatic rings. The Kier molecular flexibility index (Phi) is 10.2. The van der Waals surface area contributed by atoms with Gasteiger partial charge in [0.1, 0.15) is 0 Å². The van der Waals surface area contributed by atoms with Crippen LogP contribution in [0.1, 0.15) is 44.5 Å². The number of hydrogen-bond acceptors (Lipinski definition) is 0. The second-order valence-electron chi connectivity index (χ2n) is 24.2. The Morgan fingerprint density at radius 2 is 0.465 bits per heavy atom. The molecule has 0 heterocycles. The standard InChI is InChI=1S/C86H54/c1-7-23-51(24-8-1)73-65-47-69-71(81(55-31-15-5-16-32-55)85-63-41-21-37-59-45-43-57-35-19-39-61(75(57)77(59)63)83(85)79(69)53-27-11-3-12-28-53)49-67(65)74(52-25-9-2-10-26-52)68-50-72-70(48-66(68)73)80(54-29-13-4-14-30-54)84-62-40-20-36-58-44-46-60-38-22-42-64(78(60)76(58)62)86(84)82(72)56-33-17-6-18-34-56/h1-35,37,40,42-50H,36,38-39,41H2. The maximum atomic E-state index is 2.64. The van der Waals surface area contributed by atoms with Gasteiger partial charge in [-0.25, -0.2) is 0 Å². The number of rotatable bonds is 6. The molecule has 0 aromatic heterocycles. The molecule has 86 heavy (non-hydrogen) atoms. The second-order valence-corrected chi connectivity index (χ2v) is 24.2. The van der Waals surface area contributed by atoms with Crippen LogP contribution in [0.5, 0.6) is 0 Å². The van der Waals surface area contributed by atoms with E-state index in [2.05, 4.69) is 279 Å². The Morgan fingerprint density at radius 1 is 0.198 bits per heavy atom. The van der Waals surface area contributed by atoms with Crippen molar-refractivity contribution in [1.82, 2.24) is 0 Å². The third-order valence-electron chi connectivity index (χ3n) is 19.8. The largest absolute Gasteiger partial charge is 0.0795 e. The molecule has 19 rings (SSSR count). The molecule has 15 aromatic carbocycles. The van der Waals surface area contributed by atoms with Gasteiger partial charge in [-0.05, 0) is 247 Å². The van der Waals surface area contributed by atoms with Gasteiger partial charge in [-0.15, -0.1) is 0 Å². The molecule has 4 aliphatic carbocycles. The van der Waals surface area contributed by atoms with Gasteiger partial charge in [0.25, 0.3) is 0 Å². The lowest BCUT2D eigenvalue weighted by Crippen LogP contribution is -2.05. The van der Waals surface area contributed by atoms with Crippen LogP contribution in [0.25, 0.3) is 177 Å². The summed E-state index contributed by atoms with van der Waals surface area (Å²) >= 11 is 0. The second kappa shape index (κ2) is 18.4. The minimum atomic E-state index is 0.864. The van der Waals surface area contributed by atoms with Crippen molar-refractivity contribution in [2.75, 3.05) is 0 Å². The molecule has 0 saturated heterocycles. The highest BCUT2D eigenvalue weighted by Crippen LogP contribution is 2.57. The van der Waals surface area contributed by atoms with Crippen LogP contribution in [0.3, 0.4) is 0 Å². The van der Waals surface area contributed by atoms with Gasteiger partial charge in [-0.2, -0.15) is 0 Å². The first-order valence-corrected chi connectivity index (χ1v) is 30.6. The van der Waals surface area contributed by atoms with Crippen LogP contribution < -0.4 is 0 Å². The Hall–Kier alpha value is -10.7. The molecule has 4 aliphatic rings. The molecule has 0 aliphatic heterocycles. The monoisotopic (exact) mass is 1090 g/mol. The summed E-state index contributed by atoms with van der Waals surface area (Å²) in [4.78, 5) is 0. The van der Waals surface area contributed by atoms with Gasteiger partial charge in [0, 0.05) is 0 Å². The van der Waals surface area contributed by atoms with Gasteiger partial charge in [0.15, 0.2) is 0 Å². The quantitative estimate of drug-likeness (QED) is 0.146. The normalized spacial score (nSPS) is 13.7. The molecule has 0 unspecified atom stereocenters. The maximum absolute atomic E-state index is 2.64. The molecule has 398 valence electrons. The minimum absolute atomic E-state index is 0.864. The Balaban J connectivity index is 1.10. The van der Waals surface area contributed by atoms with Crippen LogP contribution in [-0.4, -0.2) is 0 Å². The summed E-state index contributed by atoms with van der Waals surface area (Å²) in [5.41, 5.74) is 26.0. The molecular formula is C86H54. The average molecular weight is 1090 g/mol.